The molecule has 2 atom stereocenters. The molecule has 0 N–H and O–H groups in total. The van der Waals surface area contributed by atoms with E-state index < -0.39 is 0 Å². The Kier molecular flexibility index (Phi) is 4.09. The Hall–Kier alpha value is -1.43. The molecule has 0 unspecified atom stereocenters. The van der Waals surface area contributed by atoms with Gasteiger partial charge in [0.1, 0.15) is 0 Å². The number of hydrogen-bond donors (Lipinski definition) is 0. The summed E-state index contributed by atoms with van der Waals surface area (Å²) < 4.78 is 5.40. The van der Waals surface area contributed by atoms with Crippen molar-refractivity contribution in [3.8, 4) is 0 Å². The van der Waals surface area contributed by atoms with Gasteiger partial charge in [-0.05, 0) is 58.4 Å². The predicted molar refractivity (Wildman–Crippen MR) is 84.8 cm³/mol. The van der Waals surface area contributed by atoms with E-state index in [0.717, 1.165) is 50.5 Å². The van der Waals surface area contributed by atoms with Crippen LogP contribution in [0, 0.1) is 0 Å². The van der Waals surface area contributed by atoms with Crippen LogP contribution in [0.2, 0.25) is 0 Å². The first kappa shape index (κ1) is 15.1. The molecule has 2 saturated heterocycles. The summed E-state index contributed by atoms with van der Waals surface area (Å²) in [6.45, 7) is 4.51. The molecule has 1 aromatic heterocycles. The minimum Gasteiger partial charge on any atom is -0.339 e. The number of nitrogens with zero attached hydrogens (tertiary/aromatic N) is 4. The molecule has 126 valence electrons. The summed E-state index contributed by atoms with van der Waals surface area (Å²) in [5.41, 5.74) is 0. The normalized spacial score (nSPS) is 29.2. The number of carbonyl (C=O) groups excluding carboxylic acids is 1. The summed E-state index contributed by atoms with van der Waals surface area (Å²) in [7, 11) is 0. The van der Waals surface area contributed by atoms with Crippen LogP contribution in [-0.4, -0.2) is 51.5 Å². The van der Waals surface area contributed by atoms with Crippen molar-refractivity contribution in [2.24, 2.45) is 0 Å². The maximum Gasteiger partial charge on any atom is 0.237 e. The molecule has 6 nitrogen and oxygen atoms in total. The van der Waals surface area contributed by atoms with Gasteiger partial charge in [0, 0.05) is 18.5 Å². The summed E-state index contributed by atoms with van der Waals surface area (Å²) in [6.07, 6.45) is 7.96. The highest BCUT2D eigenvalue weighted by Gasteiger charge is 2.35. The van der Waals surface area contributed by atoms with Crippen molar-refractivity contribution >= 4 is 5.91 Å². The molecule has 1 saturated carbocycles. The van der Waals surface area contributed by atoms with Gasteiger partial charge in [-0.3, -0.25) is 9.69 Å². The standard InChI is InChI=1S/C17H26N4O2/c1-12-5-2-3-10-21(12)15(22)11-20-9-4-6-14(20)16-18-17(23-19-16)13-7-8-13/h12-14H,2-11H2,1H3/t12-,14+/m0/s1. The average Bonchev–Trinajstić information content (AvgIpc) is 3.10. The number of aromatic nitrogens is 2. The number of likely N-dealkylation sites (tertiary alicyclic amines) is 2. The summed E-state index contributed by atoms with van der Waals surface area (Å²) >= 11 is 0. The van der Waals surface area contributed by atoms with Gasteiger partial charge in [-0.2, -0.15) is 4.98 Å². The van der Waals surface area contributed by atoms with Crippen LogP contribution in [0.3, 0.4) is 0 Å². The van der Waals surface area contributed by atoms with E-state index in [9.17, 15) is 4.79 Å². The van der Waals surface area contributed by atoms with Crippen LogP contribution in [0.4, 0.5) is 0 Å². The van der Waals surface area contributed by atoms with Crippen LogP contribution < -0.4 is 0 Å². The van der Waals surface area contributed by atoms with Crippen molar-refractivity contribution < 1.29 is 9.32 Å². The fourth-order valence-electron chi connectivity index (χ4n) is 3.92. The molecule has 3 fully saturated rings. The lowest BCUT2D eigenvalue weighted by Gasteiger charge is -2.35. The highest BCUT2D eigenvalue weighted by molar-refractivity contribution is 5.78. The van der Waals surface area contributed by atoms with Crippen LogP contribution in [0.15, 0.2) is 4.52 Å². The Balaban J connectivity index is 1.41. The first-order valence-electron chi connectivity index (χ1n) is 9.09. The van der Waals surface area contributed by atoms with E-state index in [4.69, 9.17) is 4.52 Å². The first-order valence-corrected chi connectivity index (χ1v) is 9.09. The van der Waals surface area contributed by atoms with Crippen molar-refractivity contribution in [3.05, 3.63) is 11.7 Å². The van der Waals surface area contributed by atoms with E-state index in [-0.39, 0.29) is 11.9 Å². The quantitative estimate of drug-likeness (QED) is 0.853. The van der Waals surface area contributed by atoms with Gasteiger partial charge in [-0.15, -0.1) is 0 Å². The van der Waals surface area contributed by atoms with E-state index in [1.165, 1.54) is 19.3 Å². The third-order valence-corrected chi connectivity index (χ3v) is 5.51. The Morgan fingerprint density at radius 2 is 2.04 bits per heavy atom. The molecule has 0 spiro atoms. The van der Waals surface area contributed by atoms with Crippen molar-refractivity contribution in [3.63, 3.8) is 0 Å². The minimum absolute atomic E-state index is 0.148. The molecule has 0 radical (unpaired) electrons. The molecule has 0 aromatic carbocycles. The fourth-order valence-corrected chi connectivity index (χ4v) is 3.92. The fraction of sp³-hybridized carbons (Fsp3) is 0.824. The van der Waals surface area contributed by atoms with Crippen molar-refractivity contribution in [1.29, 1.82) is 0 Å². The van der Waals surface area contributed by atoms with Gasteiger partial charge in [0.15, 0.2) is 5.82 Å². The third-order valence-electron chi connectivity index (χ3n) is 5.51. The maximum atomic E-state index is 12.7. The smallest absolute Gasteiger partial charge is 0.237 e. The molecule has 3 heterocycles. The summed E-state index contributed by atoms with van der Waals surface area (Å²) in [6, 6.07) is 0.527. The van der Waals surface area contributed by atoms with Crippen LogP contribution in [0.1, 0.15) is 75.5 Å². The topological polar surface area (TPSA) is 62.5 Å². The molecule has 0 bridgehead atoms. The lowest BCUT2D eigenvalue weighted by molar-refractivity contribution is -0.135. The lowest BCUT2D eigenvalue weighted by atomic mass is 10.0. The number of amides is 1. The summed E-state index contributed by atoms with van der Waals surface area (Å²) in [4.78, 5) is 21.6. The van der Waals surface area contributed by atoms with Gasteiger partial charge in [0.25, 0.3) is 0 Å². The summed E-state index contributed by atoms with van der Waals surface area (Å²) in [5, 5.41) is 4.19. The molecule has 1 aliphatic carbocycles. The highest BCUT2D eigenvalue weighted by atomic mass is 16.5. The van der Waals surface area contributed by atoms with Gasteiger partial charge >= 0.3 is 0 Å². The molecule has 1 aromatic rings. The van der Waals surface area contributed by atoms with Gasteiger partial charge in [0.2, 0.25) is 11.8 Å². The predicted octanol–water partition coefficient (Wildman–Crippen LogP) is 2.48. The maximum absolute atomic E-state index is 12.7. The average molecular weight is 318 g/mol. The highest BCUT2D eigenvalue weighted by Crippen LogP contribution is 2.40. The van der Waals surface area contributed by atoms with Crippen LogP contribution in [0.5, 0.6) is 0 Å². The van der Waals surface area contributed by atoms with E-state index >= 15 is 0 Å². The van der Waals surface area contributed by atoms with Crippen LogP contribution >= 0.6 is 0 Å². The molecule has 2 aliphatic heterocycles. The molecule has 1 amide bonds. The second-order valence-corrected chi connectivity index (χ2v) is 7.33. The van der Waals surface area contributed by atoms with E-state index in [2.05, 4.69) is 26.9 Å². The van der Waals surface area contributed by atoms with Gasteiger partial charge < -0.3 is 9.42 Å². The Morgan fingerprint density at radius 3 is 2.83 bits per heavy atom. The zero-order chi connectivity index (χ0) is 15.8. The van der Waals surface area contributed by atoms with E-state index in [1.54, 1.807) is 0 Å². The number of carbonyl (C=O) groups is 1. The van der Waals surface area contributed by atoms with Crippen LogP contribution in [-0.2, 0) is 4.79 Å². The first-order chi connectivity index (χ1) is 11.2. The van der Waals surface area contributed by atoms with Crippen molar-refractivity contribution in [2.45, 2.75) is 69.9 Å². The molecule has 3 aliphatic rings. The minimum atomic E-state index is 0.148. The largest absolute Gasteiger partial charge is 0.339 e. The molecule has 6 heteroatoms. The van der Waals surface area contributed by atoms with Gasteiger partial charge in [-0.25, -0.2) is 0 Å². The molecule has 4 rings (SSSR count). The number of rotatable bonds is 4. The van der Waals surface area contributed by atoms with Crippen molar-refractivity contribution in [1.82, 2.24) is 19.9 Å². The number of piperidine rings is 1. The van der Waals surface area contributed by atoms with E-state index in [0.29, 0.717) is 18.5 Å². The SMILES string of the molecule is C[C@H]1CCCCN1C(=O)CN1CCC[C@@H]1c1noc(C2CC2)n1. The van der Waals surface area contributed by atoms with Crippen molar-refractivity contribution in [2.75, 3.05) is 19.6 Å². The molecule has 23 heavy (non-hydrogen) atoms. The van der Waals surface area contributed by atoms with Gasteiger partial charge in [0.05, 0.1) is 12.6 Å². The monoisotopic (exact) mass is 318 g/mol. The second kappa shape index (κ2) is 6.23. The number of hydrogen-bond acceptors (Lipinski definition) is 5. The van der Waals surface area contributed by atoms with Crippen LogP contribution in [0.25, 0.3) is 0 Å². The zero-order valence-corrected chi connectivity index (χ0v) is 13.9. The second-order valence-electron chi connectivity index (χ2n) is 7.33. The Bertz CT molecular complexity index is 569. The van der Waals surface area contributed by atoms with Gasteiger partial charge in [-0.1, -0.05) is 5.16 Å². The molecular formula is C17H26N4O2. The summed E-state index contributed by atoms with van der Waals surface area (Å²) in [5.74, 6) is 2.32. The Labute approximate surface area is 137 Å². The molecular weight excluding hydrogens is 292 g/mol. The zero-order valence-electron chi connectivity index (χ0n) is 13.9. The Morgan fingerprint density at radius 1 is 1.17 bits per heavy atom. The third kappa shape index (κ3) is 3.13. The van der Waals surface area contributed by atoms with E-state index in [1.807, 2.05) is 0 Å². The lowest BCUT2D eigenvalue weighted by Crippen LogP contribution is -2.46.